The summed E-state index contributed by atoms with van der Waals surface area (Å²) in [7, 11) is 0. The van der Waals surface area contributed by atoms with Crippen molar-refractivity contribution >= 4 is 21.7 Å². The second kappa shape index (κ2) is 6.12. The number of benzene rings is 1. The van der Waals surface area contributed by atoms with Crippen LogP contribution in [0.15, 0.2) is 52.0 Å². The Bertz CT molecular complexity index is 502. The Balaban J connectivity index is 2.19. The second-order valence-corrected chi connectivity index (χ2v) is 5.24. The summed E-state index contributed by atoms with van der Waals surface area (Å²) in [5, 5.41) is 0. The molecule has 2 nitrogen and oxygen atoms in total. The van der Waals surface area contributed by atoms with Crippen molar-refractivity contribution in [2.75, 3.05) is 6.54 Å². The Morgan fingerprint density at radius 2 is 1.94 bits per heavy atom. The molecule has 1 aromatic carbocycles. The van der Waals surface area contributed by atoms with Crippen LogP contribution in [-0.2, 0) is 11.2 Å². The van der Waals surface area contributed by atoms with Gasteiger partial charge in [0.05, 0.1) is 4.48 Å². The highest BCUT2D eigenvalue weighted by Crippen LogP contribution is 2.28. The molecule has 0 unspecified atom stereocenters. The Morgan fingerprint density at radius 3 is 2.61 bits per heavy atom. The number of halogens is 1. The zero-order valence-electron chi connectivity index (χ0n) is 10.2. The van der Waals surface area contributed by atoms with Crippen LogP contribution in [0.2, 0.25) is 0 Å². The number of hydrogen-bond donors (Lipinski definition) is 1. The molecule has 0 saturated carbocycles. The third-order valence-corrected chi connectivity index (χ3v) is 3.93. The summed E-state index contributed by atoms with van der Waals surface area (Å²) in [6, 6.07) is 10.2. The molecule has 18 heavy (non-hydrogen) atoms. The van der Waals surface area contributed by atoms with E-state index in [1.165, 1.54) is 5.56 Å². The van der Waals surface area contributed by atoms with E-state index in [4.69, 9.17) is 5.73 Å². The first-order valence-corrected chi connectivity index (χ1v) is 6.85. The standard InChI is InChI=1S/C15H16BrNO/c16-15-13(6-7-17)9-12(10-14(15)18)8-11-4-2-1-3-5-11/h1-5,9H,6-8,10,17H2. The first-order chi connectivity index (χ1) is 8.70. The van der Waals surface area contributed by atoms with E-state index < -0.39 is 0 Å². The van der Waals surface area contributed by atoms with Crippen molar-refractivity contribution in [1.82, 2.24) is 0 Å². The van der Waals surface area contributed by atoms with Crippen LogP contribution < -0.4 is 5.73 Å². The van der Waals surface area contributed by atoms with Gasteiger partial charge in [0, 0.05) is 6.42 Å². The van der Waals surface area contributed by atoms with Crippen molar-refractivity contribution in [3.63, 3.8) is 0 Å². The van der Waals surface area contributed by atoms with Crippen LogP contribution in [0.1, 0.15) is 18.4 Å². The molecular weight excluding hydrogens is 290 g/mol. The molecular formula is C15H16BrNO. The maximum absolute atomic E-state index is 11.9. The van der Waals surface area contributed by atoms with Gasteiger partial charge in [0.1, 0.15) is 0 Å². The third kappa shape index (κ3) is 3.18. The Kier molecular flexibility index (Phi) is 4.50. The van der Waals surface area contributed by atoms with Crippen molar-refractivity contribution in [2.24, 2.45) is 5.73 Å². The first-order valence-electron chi connectivity index (χ1n) is 6.06. The van der Waals surface area contributed by atoms with E-state index >= 15 is 0 Å². The number of allylic oxidation sites excluding steroid dienone is 3. The van der Waals surface area contributed by atoms with E-state index in [0.29, 0.717) is 17.4 Å². The lowest BCUT2D eigenvalue weighted by molar-refractivity contribution is -0.114. The SMILES string of the molecule is NCCC1=C(Br)C(=O)CC(Cc2ccccc2)=C1. The van der Waals surface area contributed by atoms with Gasteiger partial charge in [-0.1, -0.05) is 42.0 Å². The summed E-state index contributed by atoms with van der Waals surface area (Å²) in [4.78, 5) is 11.9. The van der Waals surface area contributed by atoms with E-state index in [1.807, 2.05) is 18.2 Å². The van der Waals surface area contributed by atoms with E-state index in [2.05, 4.69) is 34.1 Å². The minimum Gasteiger partial charge on any atom is -0.330 e. The Morgan fingerprint density at radius 1 is 1.22 bits per heavy atom. The van der Waals surface area contributed by atoms with Crippen LogP contribution in [0, 0.1) is 0 Å². The van der Waals surface area contributed by atoms with Gasteiger partial charge in [-0.05, 0) is 46.5 Å². The first kappa shape index (κ1) is 13.2. The predicted octanol–water partition coefficient (Wildman–Crippen LogP) is 3.13. The highest BCUT2D eigenvalue weighted by molar-refractivity contribution is 9.12. The molecule has 1 aromatic rings. The summed E-state index contributed by atoms with van der Waals surface area (Å²) >= 11 is 3.36. The lowest BCUT2D eigenvalue weighted by atomic mass is 9.92. The van der Waals surface area contributed by atoms with Gasteiger partial charge in [-0.15, -0.1) is 0 Å². The fraction of sp³-hybridized carbons (Fsp3) is 0.267. The smallest absolute Gasteiger partial charge is 0.174 e. The van der Waals surface area contributed by atoms with Crippen LogP contribution in [0.4, 0.5) is 0 Å². The van der Waals surface area contributed by atoms with Gasteiger partial charge in [0.25, 0.3) is 0 Å². The number of Topliss-reactive ketones (excluding diaryl/α,β-unsaturated/α-hetero) is 1. The highest BCUT2D eigenvalue weighted by Gasteiger charge is 2.18. The van der Waals surface area contributed by atoms with Gasteiger partial charge in [0.2, 0.25) is 0 Å². The van der Waals surface area contributed by atoms with Crippen molar-refractivity contribution in [1.29, 1.82) is 0 Å². The molecule has 0 bridgehead atoms. The lowest BCUT2D eigenvalue weighted by Gasteiger charge is -2.16. The molecule has 0 amide bonds. The summed E-state index contributed by atoms with van der Waals surface area (Å²) in [6.07, 6.45) is 4.19. The summed E-state index contributed by atoms with van der Waals surface area (Å²) in [6.45, 7) is 0.562. The fourth-order valence-electron chi connectivity index (χ4n) is 2.13. The molecule has 94 valence electrons. The lowest BCUT2D eigenvalue weighted by Crippen LogP contribution is -2.11. The highest BCUT2D eigenvalue weighted by atomic mass is 79.9. The normalized spacial score (nSPS) is 15.9. The van der Waals surface area contributed by atoms with Crippen molar-refractivity contribution < 1.29 is 4.79 Å². The molecule has 3 heteroatoms. The number of carbonyl (C=O) groups excluding carboxylic acids is 1. The molecule has 0 fully saturated rings. The number of rotatable bonds is 4. The van der Waals surface area contributed by atoms with Crippen LogP contribution in [0.3, 0.4) is 0 Å². The molecule has 0 aromatic heterocycles. The van der Waals surface area contributed by atoms with E-state index in [1.54, 1.807) is 0 Å². The van der Waals surface area contributed by atoms with Crippen molar-refractivity contribution in [3.05, 3.63) is 57.6 Å². The largest absolute Gasteiger partial charge is 0.330 e. The summed E-state index contributed by atoms with van der Waals surface area (Å²) in [5.41, 5.74) is 9.00. The van der Waals surface area contributed by atoms with Crippen molar-refractivity contribution in [3.8, 4) is 0 Å². The van der Waals surface area contributed by atoms with Gasteiger partial charge < -0.3 is 5.73 Å². The number of hydrogen-bond acceptors (Lipinski definition) is 2. The van der Waals surface area contributed by atoms with E-state index in [9.17, 15) is 4.79 Å². The van der Waals surface area contributed by atoms with Gasteiger partial charge in [-0.2, -0.15) is 0 Å². The number of ketones is 1. The Labute approximate surface area is 116 Å². The topological polar surface area (TPSA) is 43.1 Å². The molecule has 2 N–H and O–H groups in total. The summed E-state index contributed by atoms with van der Waals surface area (Å²) < 4.78 is 0.699. The van der Waals surface area contributed by atoms with Gasteiger partial charge in [0.15, 0.2) is 5.78 Å². The molecule has 0 atom stereocenters. The molecule has 0 aliphatic heterocycles. The zero-order valence-corrected chi connectivity index (χ0v) is 11.7. The van der Waals surface area contributed by atoms with Crippen LogP contribution >= 0.6 is 15.9 Å². The van der Waals surface area contributed by atoms with Gasteiger partial charge in [-0.3, -0.25) is 4.79 Å². The second-order valence-electron chi connectivity index (χ2n) is 4.44. The van der Waals surface area contributed by atoms with Crippen LogP contribution in [-0.4, -0.2) is 12.3 Å². The van der Waals surface area contributed by atoms with Crippen molar-refractivity contribution in [2.45, 2.75) is 19.3 Å². The molecule has 2 rings (SSSR count). The fourth-order valence-corrected chi connectivity index (χ4v) is 2.59. The summed E-state index contributed by atoms with van der Waals surface area (Å²) in [5.74, 6) is 0.159. The quantitative estimate of drug-likeness (QED) is 0.928. The minimum atomic E-state index is 0.159. The molecule has 0 spiro atoms. The zero-order chi connectivity index (χ0) is 13.0. The Hall–Kier alpha value is -1.19. The molecule has 1 aliphatic carbocycles. The van der Waals surface area contributed by atoms with E-state index in [0.717, 1.165) is 24.0 Å². The minimum absolute atomic E-state index is 0.159. The average molecular weight is 306 g/mol. The van der Waals surface area contributed by atoms with Gasteiger partial charge in [-0.25, -0.2) is 0 Å². The predicted molar refractivity (Wildman–Crippen MR) is 77.5 cm³/mol. The third-order valence-electron chi connectivity index (χ3n) is 2.98. The maximum Gasteiger partial charge on any atom is 0.174 e. The molecule has 0 saturated heterocycles. The van der Waals surface area contributed by atoms with Gasteiger partial charge >= 0.3 is 0 Å². The molecule has 1 aliphatic rings. The van der Waals surface area contributed by atoms with Crippen LogP contribution in [0.25, 0.3) is 0 Å². The average Bonchev–Trinajstić information content (AvgIpc) is 2.37. The maximum atomic E-state index is 11.9. The number of carbonyl (C=O) groups is 1. The monoisotopic (exact) mass is 305 g/mol. The molecule has 0 radical (unpaired) electrons. The number of nitrogens with two attached hydrogens (primary N) is 1. The van der Waals surface area contributed by atoms with Crippen LogP contribution in [0.5, 0.6) is 0 Å². The molecule has 0 heterocycles. The van der Waals surface area contributed by atoms with E-state index in [-0.39, 0.29) is 5.78 Å².